The van der Waals surface area contributed by atoms with Crippen LogP contribution in [0.3, 0.4) is 0 Å². The molecule has 1 saturated heterocycles. The summed E-state index contributed by atoms with van der Waals surface area (Å²) in [5.41, 5.74) is 0. The van der Waals surface area contributed by atoms with Crippen LogP contribution in [0.15, 0.2) is 0 Å². The Labute approximate surface area is 130 Å². The number of nitrogens with one attached hydrogen (secondary N) is 1. The van der Waals surface area contributed by atoms with E-state index in [1.807, 2.05) is 7.05 Å². The topological polar surface area (TPSA) is 32.3 Å². The Morgan fingerprint density at radius 1 is 1.10 bits per heavy atom. The predicted molar refractivity (Wildman–Crippen MR) is 88.3 cm³/mol. The molecule has 21 heavy (non-hydrogen) atoms. The van der Waals surface area contributed by atoms with Crippen LogP contribution < -0.4 is 5.32 Å². The molecule has 1 amide bonds. The zero-order chi connectivity index (χ0) is 15.1. The van der Waals surface area contributed by atoms with E-state index in [1.165, 1.54) is 57.8 Å². The molecule has 0 radical (unpaired) electrons. The van der Waals surface area contributed by atoms with Crippen molar-refractivity contribution >= 4 is 5.91 Å². The Hall–Kier alpha value is -0.570. The first-order chi connectivity index (χ1) is 10.2. The SMILES string of the molecule is CC(CC(=O)N(C)C1CCCCCCC1)C1CCCNC1. The Morgan fingerprint density at radius 2 is 1.76 bits per heavy atom. The minimum absolute atomic E-state index is 0.374. The van der Waals surface area contributed by atoms with Crippen LogP contribution in [-0.2, 0) is 4.79 Å². The lowest BCUT2D eigenvalue weighted by Crippen LogP contribution is -2.40. The van der Waals surface area contributed by atoms with Crippen molar-refractivity contribution in [1.82, 2.24) is 10.2 Å². The van der Waals surface area contributed by atoms with Gasteiger partial charge >= 0.3 is 0 Å². The molecule has 0 aromatic carbocycles. The van der Waals surface area contributed by atoms with Gasteiger partial charge in [-0.3, -0.25) is 4.79 Å². The van der Waals surface area contributed by atoms with E-state index in [0.29, 0.717) is 23.8 Å². The van der Waals surface area contributed by atoms with Gasteiger partial charge in [-0.25, -0.2) is 0 Å². The average Bonchev–Trinajstić information content (AvgIpc) is 2.47. The Balaban J connectivity index is 1.79. The first kappa shape index (κ1) is 16.8. The number of carbonyl (C=O) groups excluding carboxylic acids is 1. The van der Waals surface area contributed by atoms with E-state index in [9.17, 15) is 4.79 Å². The highest BCUT2D eigenvalue weighted by atomic mass is 16.2. The molecule has 0 aromatic rings. The molecule has 1 heterocycles. The Kier molecular flexibility index (Phi) is 7.01. The molecule has 2 rings (SSSR count). The lowest BCUT2D eigenvalue weighted by Gasteiger charge is -2.33. The lowest BCUT2D eigenvalue weighted by atomic mass is 9.85. The standard InChI is InChI=1S/C18H34N2O/c1-15(16-9-8-12-19-14-16)13-18(21)20(2)17-10-6-4-3-5-7-11-17/h15-17,19H,3-14H2,1-2H3. The van der Waals surface area contributed by atoms with Gasteiger partial charge in [0.05, 0.1) is 0 Å². The molecule has 122 valence electrons. The van der Waals surface area contributed by atoms with Crippen molar-refractivity contribution in [3.63, 3.8) is 0 Å². The van der Waals surface area contributed by atoms with E-state index in [0.717, 1.165) is 19.5 Å². The third-order valence-electron chi connectivity index (χ3n) is 5.65. The molecule has 1 saturated carbocycles. The number of hydrogen-bond acceptors (Lipinski definition) is 2. The second-order valence-corrected chi connectivity index (χ2v) is 7.29. The van der Waals surface area contributed by atoms with Gasteiger partial charge in [0, 0.05) is 19.5 Å². The largest absolute Gasteiger partial charge is 0.343 e. The van der Waals surface area contributed by atoms with Crippen LogP contribution in [0.25, 0.3) is 0 Å². The molecule has 2 aliphatic rings. The van der Waals surface area contributed by atoms with Gasteiger partial charge in [-0.2, -0.15) is 0 Å². The summed E-state index contributed by atoms with van der Waals surface area (Å²) in [6.07, 6.45) is 12.4. The highest BCUT2D eigenvalue weighted by Crippen LogP contribution is 2.25. The maximum Gasteiger partial charge on any atom is 0.222 e. The fourth-order valence-electron chi connectivity index (χ4n) is 3.98. The molecule has 0 spiro atoms. The summed E-state index contributed by atoms with van der Waals surface area (Å²) in [7, 11) is 2.04. The van der Waals surface area contributed by atoms with E-state index >= 15 is 0 Å². The molecular formula is C18H34N2O. The minimum atomic E-state index is 0.374. The summed E-state index contributed by atoms with van der Waals surface area (Å²) in [5.74, 6) is 1.58. The number of amides is 1. The van der Waals surface area contributed by atoms with Gasteiger partial charge in [0.15, 0.2) is 0 Å². The highest BCUT2D eigenvalue weighted by Gasteiger charge is 2.26. The van der Waals surface area contributed by atoms with Crippen molar-refractivity contribution < 1.29 is 4.79 Å². The number of carbonyl (C=O) groups is 1. The highest BCUT2D eigenvalue weighted by molar-refractivity contribution is 5.76. The van der Waals surface area contributed by atoms with Crippen molar-refractivity contribution in [3.8, 4) is 0 Å². The fourth-order valence-corrected chi connectivity index (χ4v) is 3.98. The van der Waals surface area contributed by atoms with Crippen molar-refractivity contribution in [1.29, 1.82) is 0 Å². The van der Waals surface area contributed by atoms with Crippen LogP contribution in [0.2, 0.25) is 0 Å². The van der Waals surface area contributed by atoms with E-state index in [4.69, 9.17) is 0 Å². The van der Waals surface area contributed by atoms with Crippen LogP contribution in [0.5, 0.6) is 0 Å². The fraction of sp³-hybridized carbons (Fsp3) is 0.944. The number of hydrogen-bond donors (Lipinski definition) is 1. The molecule has 0 bridgehead atoms. The zero-order valence-corrected chi connectivity index (χ0v) is 14.1. The van der Waals surface area contributed by atoms with Crippen LogP contribution in [-0.4, -0.2) is 37.0 Å². The molecule has 3 nitrogen and oxygen atoms in total. The molecule has 1 N–H and O–H groups in total. The smallest absolute Gasteiger partial charge is 0.222 e. The van der Waals surface area contributed by atoms with Gasteiger partial charge < -0.3 is 10.2 Å². The third kappa shape index (κ3) is 5.28. The molecular weight excluding hydrogens is 260 g/mol. The van der Waals surface area contributed by atoms with E-state index in [-0.39, 0.29) is 0 Å². The van der Waals surface area contributed by atoms with Gasteiger partial charge in [0.1, 0.15) is 0 Å². The molecule has 1 aliphatic carbocycles. The molecule has 2 unspecified atom stereocenters. The van der Waals surface area contributed by atoms with Crippen molar-refractivity contribution in [3.05, 3.63) is 0 Å². The number of nitrogens with zero attached hydrogens (tertiary/aromatic N) is 1. The maximum atomic E-state index is 12.6. The summed E-state index contributed by atoms with van der Waals surface area (Å²) >= 11 is 0. The normalized spacial score (nSPS) is 26.7. The second kappa shape index (κ2) is 8.77. The van der Waals surface area contributed by atoms with Gasteiger partial charge in [-0.05, 0) is 50.6 Å². The number of piperidine rings is 1. The van der Waals surface area contributed by atoms with Crippen molar-refractivity contribution in [2.24, 2.45) is 11.8 Å². The van der Waals surface area contributed by atoms with Crippen LogP contribution >= 0.6 is 0 Å². The van der Waals surface area contributed by atoms with E-state index in [1.54, 1.807) is 0 Å². The summed E-state index contributed by atoms with van der Waals surface area (Å²) in [6, 6.07) is 0.495. The summed E-state index contributed by atoms with van der Waals surface area (Å²) in [5, 5.41) is 3.47. The summed E-state index contributed by atoms with van der Waals surface area (Å²) in [6.45, 7) is 4.52. The first-order valence-electron chi connectivity index (χ1n) is 9.15. The van der Waals surface area contributed by atoms with Gasteiger partial charge in [-0.15, -0.1) is 0 Å². The van der Waals surface area contributed by atoms with Crippen molar-refractivity contribution in [2.75, 3.05) is 20.1 Å². The lowest BCUT2D eigenvalue weighted by molar-refractivity contribution is -0.133. The summed E-state index contributed by atoms with van der Waals surface area (Å²) in [4.78, 5) is 14.7. The van der Waals surface area contributed by atoms with Crippen LogP contribution in [0.1, 0.15) is 71.1 Å². The predicted octanol–water partition coefficient (Wildman–Crippen LogP) is 3.58. The first-order valence-corrected chi connectivity index (χ1v) is 9.15. The van der Waals surface area contributed by atoms with E-state index in [2.05, 4.69) is 17.1 Å². The molecule has 1 aliphatic heterocycles. The third-order valence-corrected chi connectivity index (χ3v) is 5.65. The average molecular weight is 294 g/mol. The maximum absolute atomic E-state index is 12.6. The number of rotatable bonds is 4. The molecule has 0 aromatic heterocycles. The molecule has 3 heteroatoms. The van der Waals surface area contributed by atoms with Crippen molar-refractivity contribution in [2.45, 2.75) is 77.2 Å². The van der Waals surface area contributed by atoms with Gasteiger partial charge in [-0.1, -0.05) is 39.0 Å². The van der Waals surface area contributed by atoms with Crippen LogP contribution in [0, 0.1) is 11.8 Å². The monoisotopic (exact) mass is 294 g/mol. The quantitative estimate of drug-likeness (QED) is 0.859. The van der Waals surface area contributed by atoms with Gasteiger partial charge in [0.25, 0.3) is 0 Å². The second-order valence-electron chi connectivity index (χ2n) is 7.29. The van der Waals surface area contributed by atoms with Gasteiger partial charge in [0.2, 0.25) is 5.91 Å². The minimum Gasteiger partial charge on any atom is -0.343 e. The Morgan fingerprint density at radius 3 is 2.38 bits per heavy atom. The summed E-state index contributed by atoms with van der Waals surface area (Å²) < 4.78 is 0. The van der Waals surface area contributed by atoms with Crippen LogP contribution in [0.4, 0.5) is 0 Å². The Bertz CT molecular complexity index is 304. The molecule has 2 atom stereocenters. The zero-order valence-electron chi connectivity index (χ0n) is 14.1. The molecule has 2 fully saturated rings. The van der Waals surface area contributed by atoms with E-state index < -0.39 is 0 Å².